The Morgan fingerprint density at radius 2 is 2.05 bits per heavy atom. The quantitative estimate of drug-likeness (QED) is 0.617. The van der Waals surface area contributed by atoms with Crippen LogP contribution in [0.4, 0.5) is 13.2 Å². The average Bonchev–Trinajstić information content (AvgIpc) is 2.79. The van der Waals surface area contributed by atoms with Crippen LogP contribution in [0.1, 0.15) is 13.3 Å². The number of thiophene rings is 1. The van der Waals surface area contributed by atoms with E-state index in [-0.39, 0.29) is 23.8 Å². The Kier molecular flexibility index (Phi) is 7.11. The minimum Gasteiger partial charge on any atom is -0.382 e. The van der Waals surface area contributed by atoms with E-state index < -0.39 is 22.7 Å². The van der Waals surface area contributed by atoms with Crippen LogP contribution in [0.25, 0.3) is 0 Å². The summed E-state index contributed by atoms with van der Waals surface area (Å²) in [6.45, 7) is 0.667. The lowest BCUT2D eigenvalue weighted by Crippen LogP contribution is -2.39. The first-order valence-corrected chi connectivity index (χ1v) is 9.11. The number of hydrogen-bond acceptors (Lipinski definition) is 4. The maximum absolute atomic E-state index is 12.6. The minimum absolute atomic E-state index is 0.116. The molecule has 0 saturated heterocycles. The SMILES string of the molecule is CCOCCCN(CC(F)(F)F)S(=O)(=O)c1ccc(Br)s1. The zero-order valence-electron chi connectivity index (χ0n) is 11.2. The summed E-state index contributed by atoms with van der Waals surface area (Å²) in [4.78, 5) is 0. The molecule has 122 valence electrons. The molecule has 0 amide bonds. The Balaban J connectivity index is 2.88. The van der Waals surface area contributed by atoms with Gasteiger partial charge in [0.15, 0.2) is 0 Å². The topological polar surface area (TPSA) is 46.6 Å². The average molecular weight is 410 g/mol. The van der Waals surface area contributed by atoms with Gasteiger partial charge in [-0.15, -0.1) is 11.3 Å². The summed E-state index contributed by atoms with van der Waals surface area (Å²) >= 11 is 3.98. The van der Waals surface area contributed by atoms with Crippen molar-refractivity contribution in [3.8, 4) is 0 Å². The van der Waals surface area contributed by atoms with E-state index in [4.69, 9.17) is 4.74 Å². The van der Waals surface area contributed by atoms with Crippen molar-refractivity contribution < 1.29 is 26.3 Å². The maximum atomic E-state index is 12.6. The third kappa shape index (κ3) is 6.23. The van der Waals surface area contributed by atoms with Crippen LogP contribution < -0.4 is 0 Å². The third-order valence-electron chi connectivity index (χ3n) is 2.40. The van der Waals surface area contributed by atoms with Crippen LogP contribution >= 0.6 is 27.3 Å². The first-order chi connectivity index (χ1) is 9.66. The summed E-state index contributed by atoms with van der Waals surface area (Å²) in [5.41, 5.74) is 0. The fourth-order valence-electron chi connectivity index (χ4n) is 1.54. The number of halogens is 4. The van der Waals surface area contributed by atoms with E-state index in [1.54, 1.807) is 6.92 Å². The highest BCUT2D eigenvalue weighted by atomic mass is 79.9. The van der Waals surface area contributed by atoms with E-state index in [2.05, 4.69) is 15.9 Å². The van der Waals surface area contributed by atoms with Gasteiger partial charge in [-0.25, -0.2) is 8.42 Å². The molecule has 0 aromatic carbocycles. The molecule has 0 fully saturated rings. The number of rotatable bonds is 8. The molecule has 0 aliphatic heterocycles. The molecular weight excluding hydrogens is 395 g/mol. The summed E-state index contributed by atoms with van der Waals surface area (Å²) in [5.74, 6) is 0. The first kappa shape index (κ1) is 18.9. The molecule has 10 heteroatoms. The largest absolute Gasteiger partial charge is 0.402 e. The molecule has 0 aliphatic rings. The lowest BCUT2D eigenvalue weighted by atomic mass is 10.4. The van der Waals surface area contributed by atoms with Crippen molar-refractivity contribution in [3.63, 3.8) is 0 Å². The van der Waals surface area contributed by atoms with Crippen LogP contribution in [0.2, 0.25) is 0 Å². The van der Waals surface area contributed by atoms with Crippen molar-refractivity contribution in [1.82, 2.24) is 4.31 Å². The second-order valence-corrected chi connectivity index (χ2v) is 8.69. The molecule has 1 rings (SSSR count). The Labute approximate surface area is 134 Å². The molecule has 1 heterocycles. The summed E-state index contributed by atoms with van der Waals surface area (Å²) < 4.78 is 68.2. The van der Waals surface area contributed by atoms with E-state index >= 15 is 0 Å². The zero-order valence-corrected chi connectivity index (χ0v) is 14.4. The molecule has 0 atom stereocenters. The Morgan fingerprint density at radius 3 is 2.52 bits per heavy atom. The molecule has 0 aliphatic carbocycles. The van der Waals surface area contributed by atoms with Crippen molar-refractivity contribution in [2.75, 3.05) is 26.3 Å². The van der Waals surface area contributed by atoms with Crippen LogP contribution in [0.5, 0.6) is 0 Å². The van der Waals surface area contributed by atoms with Crippen molar-refractivity contribution in [1.29, 1.82) is 0 Å². The van der Waals surface area contributed by atoms with Gasteiger partial charge in [-0.05, 0) is 41.4 Å². The van der Waals surface area contributed by atoms with E-state index in [9.17, 15) is 21.6 Å². The van der Waals surface area contributed by atoms with Gasteiger partial charge in [0.25, 0.3) is 10.0 Å². The third-order valence-corrected chi connectivity index (χ3v) is 6.33. The Morgan fingerprint density at radius 1 is 1.38 bits per heavy atom. The predicted molar refractivity (Wildman–Crippen MR) is 77.9 cm³/mol. The Bertz CT molecular complexity index is 545. The standard InChI is InChI=1S/C11H15BrF3NO3S2/c1-2-19-7-3-6-16(8-11(13,14)15)21(17,18)10-5-4-9(12)20-10/h4-5H,2-3,6-8H2,1H3. The highest BCUT2D eigenvalue weighted by Gasteiger charge is 2.37. The van der Waals surface area contributed by atoms with Crippen LogP contribution in [0.15, 0.2) is 20.1 Å². The Hall–Kier alpha value is -0.160. The van der Waals surface area contributed by atoms with Gasteiger partial charge in [0, 0.05) is 19.8 Å². The lowest BCUT2D eigenvalue weighted by Gasteiger charge is -2.22. The number of sulfonamides is 1. The molecule has 21 heavy (non-hydrogen) atoms. The molecule has 0 spiro atoms. The molecule has 1 aromatic rings. The fraction of sp³-hybridized carbons (Fsp3) is 0.636. The van der Waals surface area contributed by atoms with Crippen molar-refractivity contribution >= 4 is 37.3 Å². The number of ether oxygens (including phenoxy) is 1. The molecule has 0 saturated carbocycles. The highest BCUT2D eigenvalue weighted by Crippen LogP contribution is 2.30. The minimum atomic E-state index is -4.59. The first-order valence-electron chi connectivity index (χ1n) is 6.07. The van der Waals surface area contributed by atoms with Crippen molar-refractivity contribution in [3.05, 3.63) is 15.9 Å². The zero-order chi connectivity index (χ0) is 16.1. The number of nitrogens with zero attached hydrogens (tertiary/aromatic N) is 1. The second kappa shape index (κ2) is 7.91. The number of alkyl halides is 3. The fourth-order valence-corrected chi connectivity index (χ4v) is 5.16. The van der Waals surface area contributed by atoms with Crippen LogP contribution in [0, 0.1) is 0 Å². The van der Waals surface area contributed by atoms with Gasteiger partial charge in [0.1, 0.15) is 10.8 Å². The van der Waals surface area contributed by atoms with Crippen molar-refractivity contribution in [2.24, 2.45) is 0 Å². The summed E-state index contributed by atoms with van der Waals surface area (Å²) in [5, 5.41) is 0. The van der Waals surface area contributed by atoms with Crippen LogP contribution in [-0.4, -0.2) is 45.2 Å². The van der Waals surface area contributed by atoms with Gasteiger partial charge >= 0.3 is 6.18 Å². The highest BCUT2D eigenvalue weighted by molar-refractivity contribution is 9.11. The summed E-state index contributed by atoms with van der Waals surface area (Å²) in [7, 11) is -4.15. The molecule has 0 bridgehead atoms. The molecule has 4 nitrogen and oxygen atoms in total. The molecule has 0 unspecified atom stereocenters. The van der Waals surface area contributed by atoms with Gasteiger partial charge in [-0.1, -0.05) is 0 Å². The van der Waals surface area contributed by atoms with E-state index in [1.165, 1.54) is 12.1 Å². The second-order valence-electron chi connectivity index (χ2n) is 4.06. The van der Waals surface area contributed by atoms with Gasteiger partial charge in [-0.2, -0.15) is 17.5 Å². The summed E-state index contributed by atoms with van der Waals surface area (Å²) in [6, 6.07) is 2.78. The van der Waals surface area contributed by atoms with Gasteiger partial charge in [-0.3, -0.25) is 0 Å². The molecular formula is C11H15BrF3NO3S2. The van der Waals surface area contributed by atoms with Crippen molar-refractivity contribution in [2.45, 2.75) is 23.7 Å². The van der Waals surface area contributed by atoms with E-state index in [1.807, 2.05) is 0 Å². The lowest BCUT2D eigenvalue weighted by molar-refractivity contribution is -0.136. The predicted octanol–water partition coefficient (Wildman–Crippen LogP) is 3.49. The smallest absolute Gasteiger partial charge is 0.382 e. The van der Waals surface area contributed by atoms with Gasteiger partial charge in [0.05, 0.1) is 3.79 Å². The normalized spacial score (nSPS) is 13.0. The molecule has 0 radical (unpaired) electrons. The van der Waals surface area contributed by atoms with Gasteiger partial charge < -0.3 is 4.74 Å². The van der Waals surface area contributed by atoms with E-state index in [0.717, 1.165) is 11.3 Å². The van der Waals surface area contributed by atoms with Crippen LogP contribution in [0.3, 0.4) is 0 Å². The maximum Gasteiger partial charge on any atom is 0.402 e. The molecule has 0 N–H and O–H groups in total. The van der Waals surface area contributed by atoms with E-state index in [0.29, 0.717) is 14.7 Å². The number of hydrogen-bond donors (Lipinski definition) is 0. The molecule has 1 aromatic heterocycles. The monoisotopic (exact) mass is 409 g/mol. The summed E-state index contributed by atoms with van der Waals surface area (Å²) in [6.07, 6.45) is -4.39. The van der Waals surface area contributed by atoms with Crippen LogP contribution in [-0.2, 0) is 14.8 Å². The van der Waals surface area contributed by atoms with Gasteiger partial charge in [0.2, 0.25) is 0 Å².